The summed E-state index contributed by atoms with van der Waals surface area (Å²) in [5.41, 5.74) is 1.46. The van der Waals surface area contributed by atoms with E-state index in [0.717, 1.165) is 11.1 Å². The van der Waals surface area contributed by atoms with E-state index in [1.807, 2.05) is 6.07 Å². The van der Waals surface area contributed by atoms with Gasteiger partial charge in [0.2, 0.25) is 0 Å². The molecule has 1 amide bonds. The van der Waals surface area contributed by atoms with Gasteiger partial charge in [-0.3, -0.25) is 4.79 Å². The Morgan fingerprint density at radius 1 is 1.18 bits per heavy atom. The minimum atomic E-state index is -0.973. The molecule has 6 nitrogen and oxygen atoms in total. The molecule has 0 aromatic heterocycles. The van der Waals surface area contributed by atoms with E-state index in [-0.39, 0.29) is 19.0 Å². The predicted octanol–water partition coefficient (Wildman–Crippen LogP) is 2.99. The molecule has 28 heavy (non-hydrogen) atoms. The van der Waals surface area contributed by atoms with Crippen LogP contribution in [-0.4, -0.2) is 24.6 Å². The molecule has 1 N–H and O–H groups in total. The number of hydrogen-bond acceptors (Lipinski definition) is 5. The maximum Gasteiger partial charge on any atom is 0.331 e. The second-order valence-corrected chi connectivity index (χ2v) is 5.77. The average molecular weight is 382 g/mol. The van der Waals surface area contributed by atoms with Crippen LogP contribution >= 0.6 is 0 Å². The van der Waals surface area contributed by atoms with Crippen LogP contribution in [0.5, 0.6) is 5.75 Å². The van der Waals surface area contributed by atoms with Crippen LogP contribution in [0, 0.1) is 17.1 Å². The minimum Gasteiger partial charge on any atom is -0.479 e. The molecule has 1 atom stereocenters. The van der Waals surface area contributed by atoms with E-state index >= 15 is 0 Å². The lowest BCUT2D eigenvalue weighted by Gasteiger charge is -2.12. The van der Waals surface area contributed by atoms with Crippen molar-refractivity contribution in [1.82, 2.24) is 5.32 Å². The van der Waals surface area contributed by atoms with E-state index in [0.29, 0.717) is 5.75 Å². The highest BCUT2D eigenvalue weighted by atomic mass is 19.1. The number of amides is 1. The van der Waals surface area contributed by atoms with Gasteiger partial charge in [-0.2, -0.15) is 5.26 Å². The third kappa shape index (κ3) is 6.92. The van der Waals surface area contributed by atoms with E-state index in [1.54, 1.807) is 42.5 Å². The molecule has 0 bridgehead atoms. The van der Waals surface area contributed by atoms with Crippen molar-refractivity contribution in [3.8, 4) is 11.8 Å². The fourth-order valence-electron chi connectivity index (χ4n) is 2.16. The number of carbonyl (C=O) groups excluding carboxylic acids is 2. The monoisotopic (exact) mass is 382 g/mol. The summed E-state index contributed by atoms with van der Waals surface area (Å²) in [6.07, 6.45) is 1.79. The van der Waals surface area contributed by atoms with Crippen LogP contribution in [0.1, 0.15) is 18.1 Å². The molecule has 2 aromatic carbocycles. The summed E-state index contributed by atoms with van der Waals surface area (Å²) < 4.78 is 23.0. The number of nitrogens with one attached hydrogen (secondary N) is 1. The maximum absolute atomic E-state index is 12.9. The van der Waals surface area contributed by atoms with E-state index in [1.165, 1.54) is 25.1 Å². The Kier molecular flexibility index (Phi) is 7.73. The SMILES string of the molecule is CC(OC(=O)/C=C/c1ccc(OCC#N)cc1)C(=O)NCc1ccc(F)cc1. The standard InChI is InChI=1S/C21H19FN2O4/c1-15(21(26)24-14-17-2-7-18(22)8-3-17)28-20(25)11-6-16-4-9-19(10-5-16)27-13-12-23/h2-11,15H,13-14H2,1H3,(H,24,26)/b11-6+. The molecule has 7 heteroatoms. The van der Waals surface area contributed by atoms with Gasteiger partial charge < -0.3 is 14.8 Å². The molecule has 0 aliphatic heterocycles. The first-order valence-corrected chi connectivity index (χ1v) is 8.48. The molecule has 0 radical (unpaired) electrons. The zero-order chi connectivity index (χ0) is 20.4. The quantitative estimate of drug-likeness (QED) is 0.560. The number of halogens is 1. The normalized spacial score (nSPS) is 11.5. The Hall–Kier alpha value is -3.66. The van der Waals surface area contributed by atoms with Crippen LogP contribution in [0.4, 0.5) is 4.39 Å². The van der Waals surface area contributed by atoms with Gasteiger partial charge in [0.25, 0.3) is 5.91 Å². The van der Waals surface area contributed by atoms with Crippen molar-refractivity contribution in [3.05, 3.63) is 71.6 Å². The first-order valence-electron chi connectivity index (χ1n) is 8.48. The van der Waals surface area contributed by atoms with E-state index in [4.69, 9.17) is 14.7 Å². The molecular formula is C21H19FN2O4. The van der Waals surface area contributed by atoms with Crippen LogP contribution in [0.15, 0.2) is 54.6 Å². The number of carbonyl (C=O) groups is 2. The predicted molar refractivity (Wildman–Crippen MR) is 100 cm³/mol. The van der Waals surface area contributed by atoms with Gasteiger partial charge in [-0.1, -0.05) is 24.3 Å². The van der Waals surface area contributed by atoms with Gasteiger partial charge in [0.15, 0.2) is 12.7 Å². The Labute approximate surface area is 162 Å². The van der Waals surface area contributed by atoms with Gasteiger partial charge >= 0.3 is 5.97 Å². The fraction of sp³-hybridized carbons (Fsp3) is 0.190. The summed E-state index contributed by atoms with van der Waals surface area (Å²) in [5, 5.41) is 11.1. The minimum absolute atomic E-state index is 0.0391. The molecule has 144 valence electrons. The zero-order valence-corrected chi connectivity index (χ0v) is 15.2. The Balaban J connectivity index is 1.79. The first kappa shape index (κ1) is 20.6. The fourth-order valence-corrected chi connectivity index (χ4v) is 2.16. The number of nitrogens with zero attached hydrogens (tertiary/aromatic N) is 1. The first-order chi connectivity index (χ1) is 13.5. The van der Waals surface area contributed by atoms with Crippen LogP contribution in [0.2, 0.25) is 0 Å². The Bertz CT molecular complexity index is 871. The van der Waals surface area contributed by atoms with Gasteiger partial charge in [-0.15, -0.1) is 0 Å². The molecule has 0 aliphatic carbocycles. The van der Waals surface area contributed by atoms with Crippen molar-refractivity contribution >= 4 is 18.0 Å². The maximum atomic E-state index is 12.9. The highest BCUT2D eigenvalue weighted by Gasteiger charge is 2.16. The molecule has 0 saturated heterocycles. The molecule has 0 spiro atoms. The van der Waals surface area contributed by atoms with Gasteiger partial charge in [-0.05, 0) is 48.4 Å². The number of esters is 1. The number of rotatable bonds is 8. The molecule has 0 saturated carbocycles. The van der Waals surface area contributed by atoms with Gasteiger partial charge in [0.1, 0.15) is 17.6 Å². The highest BCUT2D eigenvalue weighted by Crippen LogP contribution is 2.13. The lowest BCUT2D eigenvalue weighted by molar-refractivity contribution is -0.150. The zero-order valence-electron chi connectivity index (χ0n) is 15.2. The van der Waals surface area contributed by atoms with Crippen molar-refractivity contribution in [2.75, 3.05) is 6.61 Å². The van der Waals surface area contributed by atoms with Crippen LogP contribution in [0.25, 0.3) is 6.08 Å². The third-order valence-electron chi connectivity index (χ3n) is 3.64. The number of benzene rings is 2. The van der Waals surface area contributed by atoms with E-state index in [2.05, 4.69) is 5.32 Å². The number of hydrogen-bond donors (Lipinski definition) is 1. The summed E-state index contributed by atoms with van der Waals surface area (Å²) >= 11 is 0. The number of nitriles is 1. The Morgan fingerprint density at radius 3 is 2.50 bits per heavy atom. The molecule has 1 unspecified atom stereocenters. The molecular weight excluding hydrogens is 363 g/mol. The van der Waals surface area contributed by atoms with Crippen molar-refractivity contribution in [2.45, 2.75) is 19.6 Å². The van der Waals surface area contributed by atoms with Crippen LogP contribution in [-0.2, 0) is 20.9 Å². The topological polar surface area (TPSA) is 88.4 Å². The highest BCUT2D eigenvalue weighted by molar-refractivity contribution is 5.90. The summed E-state index contributed by atoms with van der Waals surface area (Å²) in [4.78, 5) is 23.9. The Morgan fingerprint density at radius 2 is 1.86 bits per heavy atom. The van der Waals surface area contributed by atoms with Gasteiger partial charge in [0.05, 0.1) is 0 Å². The van der Waals surface area contributed by atoms with Gasteiger partial charge in [0, 0.05) is 12.6 Å². The molecule has 0 heterocycles. The molecule has 2 aromatic rings. The van der Waals surface area contributed by atoms with Crippen molar-refractivity contribution in [3.63, 3.8) is 0 Å². The van der Waals surface area contributed by atoms with Crippen molar-refractivity contribution in [1.29, 1.82) is 5.26 Å². The van der Waals surface area contributed by atoms with Crippen molar-refractivity contribution in [2.24, 2.45) is 0 Å². The number of ether oxygens (including phenoxy) is 2. The van der Waals surface area contributed by atoms with Crippen LogP contribution < -0.4 is 10.1 Å². The van der Waals surface area contributed by atoms with Crippen LogP contribution in [0.3, 0.4) is 0 Å². The lowest BCUT2D eigenvalue weighted by Crippen LogP contribution is -2.35. The van der Waals surface area contributed by atoms with E-state index in [9.17, 15) is 14.0 Å². The summed E-state index contributed by atoms with van der Waals surface area (Å²) in [6.45, 7) is 1.63. The summed E-state index contributed by atoms with van der Waals surface area (Å²) in [5.74, 6) is -0.916. The lowest BCUT2D eigenvalue weighted by atomic mass is 10.2. The van der Waals surface area contributed by atoms with Crippen molar-refractivity contribution < 1.29 is 23.5 Å². The second kappa shape index (κ2) is 10.5. The second-order valence-electron chi connectivity index (χ2n) is 5.77. The largest absolute Gasteiger partial charge is 0.479 e. The summed E-state index contributed by atoms with van der Waals surface area (Å²) in [6, 6.07) is 14.4. The summed E-state index contributed by atoms with van der Waals surface area (Å²) in [7, 11) is 0. The third-order valence-corrected chi connectivity index (χ3v) is 3.64. The van der Waals surface area contributed by atoms with Gasteiger partial charge in [-0.25, -0.2) is 9.18 Å². The molecule has 2 rings (SSSR count). The molecule has 0 fully saturated rings. The van der Waals surface area contributed by atoms with E-state index < -0.39 is 18.0 Å². The smallest absolute Gasteiger partial charge is 0.331 e. The average Bonchev–Trinajstić information content (AvgIpc) is 2.70. The molecule has 0 aliphatic rings.